The lowest BCUT2D eigenvalue weighted by molar-refractivity contribution is -0.384. The molecule has 4 atom stereocenters. The van der Waals surface area contributed by atoms with Crippen molar-refractivity contribution in [2.45, 2.75) is 38.3 Å². The van der Waals surface area contributed by atoms with Gasteiger partial charge in [0.1, 0.15) is 5.41 Å². The van der Waals surface area contributed by atoms with Crippen LogP contribution in [-0.4, -0.2) is 34.5 Å². The van der Waals surface area contributed by atoms with E-state index in [1.165, 1.54) is 31.2 Å². The third kappa shape index (κ3) is 3.06. The molecule has 6 rings (SSSR count). The Morgan fingerprint density at radius 3 is 2.53 bits per heavy atom. The van der Waals surface area contributed by atoms with Gasteiger partial charge in [-0.2, -0.15) is 0 Å². The first-order valence-electron chi connectivity index (χ1n) is 12.4. The van der Waals surface area contributed by atoms with E-state index in [1.54, 1.807) is 6.07 Å². The predicted octanol–water partition coefficient (Wildman–Crippen LogP) is 4.86. The molecule has 0 aromatic heterocycles. The summed E-state index contributed by atoms with van der Waals surface area (Å²) >= 11 is 0. The van der Waals surface area contributed by atoms with Crippen LogP contribution < -0.4 is 10.2 Å². The molecule has 38 heavy (non-hydrogen) atoms. The first kappa shape index (κ1) is 23.8. The fourth-order valence-corrected chi connectivity index (χ4v) is 6.65. The molecule has 1 N–H and O–H groups in total. The molecule has 0 bridgehead atoms. The highest BCUT2D eigenvalue weighted by Gasteiger charge is 2.70. The van der Waals surface area contributed by atoms with Crippen LogP contribution in [0.4, 0.5) is 17.1 Å². The number of Topliss-reactive ketones (excluding diaryl/α,β-unsaturated/α-hetero) is 2. The molecular weight excluding hydrogens is 482 g/mol. The van der Waals surface area contributed by atoms with Gasteiger partial charge >= 0.3 is 0 Å². The van der Waals surface area contributed by atoms with E-state index in [1.807, 2.05) is 61.2 Å². The summed E-state index contributed by atoms with van der Waals surface area (Å²) in [5.41, 5.74) is 3.42. The highest BCUT2D eigenvalue weighted by atomic mass is 16.6. The summed E-state index contributed by atoms with van der Waals surface area (Å²) in [6.45, 7) is 5.40. The van der Waals surface area contributed by atoms with Crippen LogP contribution >= 0.6 is 0 Å². The number of nitro benzene ring substituents is 1. The second-order valence-corrected chi connectivity index (χ2v) is 10.3. The number of anilines is 2. The zero-order chi connectivity index (χ0) is 26.9. The number of carbonyl (C=O) groups is 3. The molecule has 3 aliphatic heterocycles. The molecule has 1 fully saturated rings. The lowest BCUT2D eigenvalue weighted by Gasteiger charge is -2.39. The second kappa shape index (κ2) is 8.21. The van der Waals surface area contributed by atoms with Gasteiger partial charge in [0.05, 0.1) is 22.9 Å². The molecular formula is C30H25N3O5. The summed E-state index contributed by atoms with van der Waals surface area (Å²) in [7, 11) is 0. The first-order valence-corrected chi connectivity index (χ1v) is 12.4. The van der Waals surface area contributed by atoms with Crippen LogP contribution in [0.2, 0.25) is 0 Å². The highest BCUT2D eigenvalue weighted by molar-refractivity contribution is 6.17. The van der Waals surface area contributed by atoms with Gasteiger partial charge in [0.15, 0.2) is 11.6 Å². The van der Waals surface area contributed by atoms with Crippen molar-refractivity contribution in [3.8, 4) is 0 Å². The molecule has 0 unspecified atom stereocenters. The Morgan fingerprint density at radius 2 is 1.79 bits per heavy atom. The standard InChI is InChI=1S/C30H25N3O5/c1-16-11-12-24-21(13-16)17(2)14-25-30(22-9-4-5-10-23(22)31-29(30)36)26(27(18(3)34)32(24)25)28(35)19-7-6-8-20(15-19)33(37)38/h4-15,25-27H,1-3H3,(H,31,36)/t25-,26+,27+,30-/m0/s1. The number of carbonyl (C=O) groups excluding carboxylic acids is 3. The maximum Gasteiger partial charge on any atom is 0.270 e. The number of hydrogen-bond acceptors (Lipinski definition) is 6. The third-order valence-corrected chi connectivity index (χ3v) is 8.17. The van der Waals surface area contributed by atoms with Crippen LogP contribution in [0.5, 0.6) is 0 Å². The number of nitro groups is 1. The highest BCUT2D eigenvalue weighted by Crippen LogP contribution is 2.58. The average Bonchev–Trinajstić information content (AvgIpc) is 3.36. The molecule has 0 aliphatic carbocycles. The van der Waals surface area contributed by atoms with Crippen molar-refractivity contribution in [2.24, 2.45) is 5.92 Å². The van der Waals surface area contributed by atoms with Crippen molar-refractivity contribution in [1.29, 1.82) is 0 Å². The zero-order valence-corrected chi connectivity index (χ0v) is 21.1. The normalized spacial score (nSPS) is 24.8. The number of non-ortho nitro benzene ring substituents is 1. The summed E-state index contributed by atoms with van der Waals surface area (Å²) < 4.78 is 0. The number of rotatable bonds is 4. The lowest BCUT2D eigenvalue weighted by Crippen LogP contribution is -2.51. The number of nitrogens with one attached hydrogen (secondary N) is 1. The summed E-state index contributed by atoms with van der Waals surface area (Å²) in [5, 5.41) is 14.5. The molecule has 3 aromatic rings. The van der Waals surface area contributed by atoms with E-state index in [9.17, 15) is 24.5 Å². The van der Waals surface area contributed by atoms with Crippen LogP contribution in [0.25, 0.3) is 5.57 Å². The lowest BCUT2D eigenvalue weighted by atomic mass is 9.64. The van der Waals surface area contributed by atoms with Crippen molar-refractivity contribution in [2.75, 3.05) is 10.2 Å². The third-order valence-electron chi connectivity index (χ3n) is 8.17. The van der Waals surface area contributed by atoms with Crippen LogP contribution in [-0.2, 0) is 15.0 Å². The Labute approximate surface area is 219 Å². The van der Waals surface area contributed by atoms with Crippen molar-refractivity contribution < 1.29 is 19.3 Å². The number of nitrogens with zero attached hydrogens (tertiary/aromatic N) is 2. The average molecular weight is 508 g/mol. The van der Waals surface area contributed by atoms with E-state index in [4.69, 9.17) is 0 Å². The van der Waals surface area contributed by atoms with Crippen LogP contribution in [0, 0.1) is 23.0 Å². The van der Waals surface area contributed by atoms with Gasteiger partial charge in [-0.15, -0.1) is 0 Å². The van der Waals surface area contributed by atoms with Gasteiger partial charge in [-0.1, -0.05) is 48.0 Å². The maximum absolute atomic E-state index is 14.4. The molecule has 1 saturated heterocycles. The van der Waals surface area contributed by atoms with Gasteiger partial charge in [0.25, 0.3) is 5.69 Å². The summed E-state index contributed by atoms with van der Waals surface area (Å²) in [4.78, 5) is 54.9. The molecule has 0 radical (unpaired) electrons. The number of hydrogen-bond donors (Lipinski definition) is 1. The van der Waals surface area contributed by atoms with E-state index in [0.717, 1.165) is 22.4 Å². The second-order valence-electron chi connectivity index (χ2n) is 10.3. The zero-order valence-electron chi connectivity index (χ0n) is 21.1. The van der Waals surface area contributed by atoms with Gasteiger partial charge in [-0.25, -0.2) is 0 Å². The van der Waals surface area contributed by atoms with Gasteiger partial charge in [0.2, 0.25) is 5.91 Å². The van der Waals surface area contributed by atoms with Crippen LogP contribution in [0.1, 0.15) is 40.9 Å². The minimum Gasteiger partial charge on any atom is -0.352 e. The maximum atomic E-state index is 14.4. The van der Waals surface area contributed by atoms with Crippen molar-refractivity contribution >= 4 is 40.1 Å². The molecule has 8 nitrogen and oxygen atoms in total. The first-order chi connectivity index (χ1) is 18.2. The minimum absolute atomic E-state index is 0.0942. The summed E-state index contributed by atoms with van der Waals surface area (Å²) in [6.07, 6.45) is 1.99. The van der Waals surface area contributed by atoms with E-state index >= 15 is 0 Å². The summed E-state index contributed by atoms with van der Waals surface area (Å²) in [6, 6.07) is 17.1. The number of fused-ring (bicyclic) bond motifs is 6. The Morgan fingerprint density at radius 1 is 1.03 bits per heavy atom. The van der Waals surface area contributed by atoms with Gasteiger partial charge in [0, 0.05) is 34.6 Å². The van der Waals surface area contributed by atoms with Gasteiger partial charge < -0.3 is 10.2 Å². The minimum atomic E-state index is -1.42. The molecule has 0 saturated carbocycles. The van der Waals surface area contributed by atoms with Crippen molar-refractivity contribution in [3.05, 3.63) is 105 Å². The number of allylic oxidation sites excluding steroid dienone is 1. The van der Waals surface area contributed by atoms with Crippen molar-refractivity contribution in [3.63, 3.8) is 0 Å². The van der Waals surface area contributed by atoms with E-state index in [-0.39, 0.29) is 22.9 Å². The topological polar surface area (TPSA) is 110 Å². The fraction of sp³-hybridized carbons (Fsp3) is 0.233. The Kier molecular flexibility index (Phi) is 5.14. The molecule has 8 heteroatoms. The largest absolute Gasteiger partial charge is 0.352 e. The Hall–Kier alpha value is -4.59. The predicted molar refractivity (Wildman–Crippen MR) is 143 cm³/mol. The molecule has 1 amide bonds. The smallest absolute Gasteiger partial charge is 0.270 e. The molecule has 1 spiro atoms. The number of amides is 1. The van der Waals surface area contributed by atoms with E-state index < -0.39 is 34.1 Å². The molecule has 3 heterocycles. The molecule has 3 aromatic carbocycles. The van der Waals surface area contributed by atoms with Crippen LogP contribution in [0.15, 0.2) is 72.8 Å². The van der Waals surface area contributed by atoms with Gasteiger partial charge in [-0.3, -0.25) is 24.5 Å². The van der Waals surface area contributed by atoms with Crippen molar-refractivity contribution in [1.82, 2.24) is 0 Å². The quantitative estimate of drug-likeness (QED) is 0.307. The Bertz CT molecular complexity index is 1610. The number of benzene rings is 3. The number of aryl methyl sites for hydroxylation is 1. The number of para-hydroxylation sites is 1. The van der Waals surface area contributed by atoms with Crippen LogP contribution in [0.3, 0.4) is 0 Å². The van der Waals surface area contributed by atoms with Gasteiger partial charge in [-0.05, 0) is 50.1 Å². The van der Waals surface area contributed by atoms with E-state index in [0.29, 0.717) is 11.3 Å². The molecule has 190 valence electrons. The molecule has 3 aliphatic rings. The fourth-order valence-electron chi connectivity index (χ4n) is 6.65. The van der Waals surface area contributed by atoms with E-state index in [2.05, 4.69) is 5.32 Å². The SMILES string of the molecule is CC(=O)[C@@H]1[C@H](C(=O)c2cccc([N+](=O)[O-])c2)[C@@]2(C(=O)Nc3ccccc32)[C@@H]2C=C(C)c3cc(C)ccc3N12. The summed E-state index contributed by atoms with van der Waals surface area (Å²) in [5.74, 6) is -2.21. The Balaban J connectivity index is 1.67. The monoisotopic (exact) mass is 507 g/mol. The number of ketones is 2.